The van der Waals surface area contributed by atoms with Crippen molar-refractivity contribution in [2.24, 2.45) is 5.92 Å². The summed E-state index contributed by atoms with van der Waals surface area (Å²) in [5.41, 5.74) is 0.0406. The van der Waals surface area contributed by atoms with Gasteiger partial charge in [0.05, 0.1) is 5.56 Å². The molecular formula is C24H27F4N5O. The molecule has 1 atom stereocenters. The second-order valence-electron chi connectivity index (χ2n) is 8.74. The van der Waals surface area contributed by atoms with E-state index in [-0.39, 0.29) is 23.2 Å². The average Bonchev–Trinajstić information content (AvgIpc) is 3.65. The number of piperidine rings is 1. The van der Waals surface area contributed by atoms with E-state index in [1.807, 2.05) is 11.9 Å². The summed E-state index contributed by atoms with van der Waals surface area (Å²) in [6.07, 6.45) is 0.274. The molecule has 1 amide bonds. The van der Waals surface area contributed by atoms with Crippen molar-refractivity contribution in [1.82, 2.24) is 20.8 Å². The first-order valence-electron chi connectivity index (χ1n) is 11.3. The second-order valence-corrected chi connectivity index (χ2v) is 8.74. The summed E-state index contributed by atoms with van der Waals surface area (Å²) < 4.78 is 53.3. The Bertz CT molecular complexity index is 1040. The maximum atomic E-state index is 13.6. The minimum absolute atomic E-state index is 0.159. The lowest BCUT2D eigenvalue weighted by Gasteiger charge is -2.29. The lowest BCUT2D eigenvalue weighted by atomic mass is 9.98. The van der Waals surface area contributed by atoms with E-state index in [0.717, 1.165) is 23.8 Å². The highest BCUT2D eigenvalue weighted by atomic mass is 19.4. The zero-order valence-corrected chi connectivity index (χ0v) is 18.8. The van der Waals surface area contributed by atoms with Gasteiger partial charge < -0.3 is 15.5 Å². The molecule has 1 aromatic carbocycles. The third-order valence-electron chi connectivity index (χ3n) is 6.34. The molecule has 2 heterocycles. The molecule has 2 N–H and O–H groups in total. The van der Waals surface area contributed by atoms with Gasteiger partial charge in [0.25, 0.3) is 5.91 Å². The van der Waals surface area contributed by atoms with Crippen molar-refractivity contribution in [3.8, 4) is 0 Å². The van der Waals surface area contributed by atoms with Gasteiger partial charge in [-0.3, -0.25) is 4.79 Å². The topological polar surface area (TPSA) is 70.2 Å². The molecule has 1 saturated heterocycles. The fourth-order valence-electron chi connectivity index (χ4n) is 4.21. The zero-order valence-electron chi connectivity index (χ0n) is 18.8. The van der Waals surface area contributed by atoms with E-state index in [1.54, 1.807) is 12.1 Å². The third kappa shape index (κ3) is 5.91. The average molecular weight is 478 g/mol. The lowest BCUT2D eigenvalue weighted by Crippen LogP contribution is -2.41. The van der Waals surface area contributed by atoms with Gasteiger partial charge in [0.2, 0.25) is 0 Å². The Labute approximate surface area is 195 Å². The number of benzene rings is 1. The Morgan fingerprint density at radius 1 is 1.18 bits per heavy atom. The van der Waals surface area contributed by atoms with E-state index in [9.17, 15) is 22.4 Å². The summed E-state index contributed by atoms with van der Waals surface area (Å²) in [4.78, 5) is 14.3. The fourth-order valence-corrected chi connectivity index (χ4v) is 4.21. The quantitative estimate of drug-likeness (QED) is 0.589. The van der Waals surface area contributed by atoms with Crippen LogP contribution in [-0.4, -0.2) is 48.8 Å². The van der Waals surface area contributed by atoms with E-state index in [4.69, 9.17) is 0 Å². The minimum atomic E-state index is -4.55. The van der Waals surface area contributed by atoms with Crippen LogP contribution >= 0.6 is 0 Å². The van der Waals surface area contributed by atoms with Crippen LogP contribution in [0.1, 0.15) is 47.3 Å². The van der Waals surface area contributed by atoms with Crippen molar-refractivity contribution in [1.29, 1.82) is 0 Å². The molecule has 10 heteroatoms. The lowest BCUT2D eigenvalue weighted by molar-refractivity contribution is -0.137. The molecule has 1 aromatic heterocycles. The number of rotatable bonds is 7. The first-order valence-corrected chi connectivity index (χ1v) is 11.3. The Morgan fingerprint density at radius 3 is 2.50 bits per heavy atom. The van der Waals surface area contributed by atoms with Crippen molar-refractivity contribution >= 4 is 17.8 Å². The van der Waals surface area contributed by atoms with Crippen LogP contribution in [0, 0.1) is 11.7 Å². The van der Waals surface area contributed by atoms with Crippen LogP contribution in [0.15, 0.2) is 35.9 Å². The fraction of sp³-hybridized carbons (Fsp3) is 0.458. The van der Waals surface area contributed by atoms with Gasteiger partial charge in [0.1, 0.15) is 5.82 Å². The highest BCUT2D eigenvalue weighted by Gasteiger charge is 2.33. The van der Waals surface area contributed by atoms with Gasteiger partial charge in [-0.1, -0.05) is 11.6 Å². The van der Waals surface area contributed by atoms with Crippen LogP contribution < -0.4 is 15.5 Å². The van der Waals surface area contributed by atoms with E-state index in [1.165, 1.54) is 18.9 Å². The molecule has 6 nitrogen and oxygen atoms in total. The van der Waals surface area contributed by atoms with Crippen LogP contribution in [0.2, 0.25) is 0 Å². The maximum absolute atomic E-state index is 13.6. The number of likely N-dealkylation sites (N-methyl/N-ethyl adjacent to an activating group) is 1. The van der Waals surface area contributed by atoms with E-state index < -0.39 is 17.6 Å². The molecule has 1 unspecified atom stereocenters. The number of nitrogens with one attached hydrogen (secondary N) is 2. The number of carbonyl (C=O) groups is 1. The van der Waals surface area contributed by atoms with E-state index in [2.05, 4.69) is 20.8 Å². The second kappa shape index (κ2) is 10.1. The molecule has 1 saturated carbocycles. The first kappa shape index (κ1) is 24.1. The predicted octanol–water partition coefficient (Wildman–Crippen LogP) is 4.05. The number of alkyl halides is 3. The van der Waals surface area contributed by atoms with Crippen LogP contribution in [0.5, 0.6) is 0 Å². The standard InChI is InChI=1S/C24H27F4N5O/c1-29-21(16-2-3-16)14-30-23(34)20-6-7-22(32-31-20)33-10-8-15(9-11-33)12-17-13-18(25)4-5-19(17)24(26,27)28/h4-7,12-13,16,21,29H,2-3,8-11,14H2,1H3,(H,30,34). The largest absolute Gasteiger partial charge is 0.416 e. The number of carbonyl (C=O) groups excluding carboxylic acids is 1. The van der Waals surface area contributed by atoms with Gasteiger partial charge in [-0.25, -0.2) is 4.39 Å². The van der Waals surface area contributed by atoms with Gasteiger partial charge in [0, 0.05) is 25.7 Å². The number of halogens is 4. The third-order valence-corrected chi connectivity index (χ3v) is 6.34. The maximum Gasteiger partial charge on any atom is 0.416 e. The highest BCUT2D eigenvalue weighted by molar-refractivity contribution is 5.92. The molecule has 4 rings (SSSR count). The molecule has 2 aliphatic rings. The van der Waals surface area contributed by atoms with Gasteiger partial charge in [0.15, 0.2) is 11.5 Å². The highest BCUT2D eigenvalue weighted by Crippen LogP contribution is 2.34. The summed E-state index contributed by atoms with van der Waals surface area (Å²) in [6, 6.07) is 6.11. The van der Waals surface area contributed by atoms with Crippen LogP contribution in [-0.2, 0) is 6.18 Å². The number of anilines is 1. The number of aromatic nitrogens is 2. The summed E-state index contributed by atoms with van der Waals surface area (Å²) >= 11 is 0. The Morgan fingerprint density at radius 2 is 1.91 bits per heavy atom. The molecule has 34 heavy (non-hydrogen) atoms. The van der Waals surface area contributed by atoms with Crippen molar-refractivity contribution in [2.45, 2.75) is 37.9 Å². The van der Waals surface area contributed by atoms with Gasteiger partial charge in [-0.15, -0.1) is 10.2 Å². The molecule has 0 spiro atoms. The minimum Gasteiger partial charge on any atom is -0.354 e. The van der Waals surface area contributed by atoms with Crippen LogP contribution in [0.4, 0.5) is 23.4 Å². The van der Waals surface area contributed by atoms with Gasteiger partial charge >= 0.3 is 6.18 Å². The van der Waals surface area contributed by atoms with Crippen LogP contribution in [0.25, 0.3) is 6.08 Å². The van der Waals surface area contributed by atoms with Crippen molar-refractivity contribution in [3.63, 3.8) is 0 Å². The van der Waals surface area contributed by atoms with Gasteiger partial charge in [-0.2, -0.15) is 13.2 Å². The molecular weight excluding hydrogens is 450 g/mol. The Balaban J connectivity index is 1.35. The summed E-state index contributed by atoms with van der Waals surface area (Å²) in [5.74, 6) is 0.228. The smallest absolute Gasteiger partial charge is 0.354 e. The molecule has 0 bridgehead atoms. The van der Waals surface area contributed by atoms with Crippen molar-refractivity contribution in [2.75, 3.05) is 31.6 Å². The molecule has 2 fully saturated rings. The van der Waals surface area contributed by atoms with E-state index >= 15 is 0 Å². The Hall–Kier alpha value is -3.01. The normalized spacial score (nSPS) is 17.4. The number of hydrogen-bond acceptors (Lipinski definition) is 5. The molecule has 1 aliphatic heterocycles. The molecule has 182 valence electrons. The zero-order chi connectivity index (χ0) is 24.3. The number of hydrogen-bond donors (Lipinski definition) is 2. The van der Waals surface area contributed by atoms with Crippen molar-refractivity contribution < 1.29 is 22.4 Å². The van der Waals surface area contributed by atoms with Gasteiger partial charge in [-0.05, 0) is 74.5 Å². The monoisotopic (exact) mass is 477 g/mol. The first-order chi connectivity index (χ1) is 16.2. The summed E-state index contributed by atoms with van der Waals surface area (Å²) in [6.45, 7) is 1.61. The SMILES string of the molecule is CNC(CNC(=O)c1ccc(N2CCC(=Cc3cc(F)ccc3C(F)(F)F)CC2)nn1)C1CC1. The number of nitrogens with zero attached hydrogens (tertiary/aromatic N) is 3. The summed E-state index contributed by atoms with van der Waals surface area (Å²) in [7, 11) is 1.89. The Kier molecular flexibility index (Phi) is 7.16. The molecule has 2 aromatic rings. The molecule has 1 aliphatic carbocycles. The molecule has 0 radical (unpaired) electrons. The number of amides is 1. The van der Waals surface area contributed by atoms with Crippen molar-refractivity contribution in [3.05, 3.63) is 58.5 Å². The van der Waals surface area contributed by atoms with Crippen LogP contribution in [0.3, 0.4) is 0 Å². The van der Waals surface area contributed by atoms with E-state index in [0.29, 0.717) is 44.2 Å². The predicted molar refractivity (Wildman–Crippen MR) is 121 cm³/mol. The summed E-state index contributed by atoms with van der Waals surface area (Å²) in [5, 5.41) is 14.3.